The first-order chi connectivity index (χ1) is 23.3. The lowest BCUT2D eigenvalue weighted by Gasteiger charge is -2.11. The van der Waals surface area contributed by atoms with Crippen LogP contribution in [0.3, 0.4) is 0 Å². The highest BCUT2D eigenvalue weighted by Gasteiger charge is 2.16. The van der Waals surface area contributed by atoms with Crippen LogP contribution in [0.25, 0.3) is 87.4 Å². The predicted octanol–water partition coefficient (Wildman–Crippen LogP) is 11.7. The molecule has 9 rings (SSSR count). The maximum absolute atomic E-state index is 5.08. The monoisotopic (exact) mass is 617 g/mol. The molecule has 7 aromatic carbocycles. The van der Waals surface area contributed by atoms with Crippen LogP contribution in [0.1, 0.15) is 0 Å². The Kier molecular flexibility index (Phi) is 6.65. The van der Waals surface area contributed by atoms with E-state index in [-0.39, 0.29) is 0 Å². The average Bonchev–Trinajstić information content (AvgIpc) is 3.54. The second-order valence-corrected chi connectivity index (χ2v) is 12.7. The summed E-state index contributed by atoms with van der Waals surface area (Å²) in [6.45, 7) is 0. The van der Waals surface area contributed by atoms with E-state index >= 15 is 0 Å². The Bertz CT molecular complexity index is 2550. The van der Waals surface area contributed by atoms with E-state index in [0.717, 1.165) is 33.0 Å². The van der Waals surface area contributed by atoms with Crippen LogP contribution in [0.4, 0.5) is 0 Å². The van der Waals surface area contributed by atoms with Gasteiger partial charge in [0.05, 0.1) is 0 Å². The van der Waals surface area contributed by atoms with Crippen LogP contribution in [0.5, 0.6) is 0 Å². The molecule has 0 amide bonds. The van der Waals surface area contributed by atoms with Crippen molar-refractivity contribution in [2.45, 2.75) is 0 Å². The van der Waals surface area contributed by atoms with Gasteiger partial charge >= 0.3 is 0 Å². The Morgan fingerprint density at radius 2 is 0.830 bits per heavy atom. The second kappa shape index (κ2) is 11.4. The summed E-state index contributed by atoms with van der Waals surface area (Å²) >= 11 is 1.84. The fourth-order valence-electron chi connectivity index (χ4n) is 6.43. The second-order valence-electron chi connectivity index (χ2n) is 11.6. The van der Waals surface area contributed by atoms with Crippen molar-refractivity contribution in [3.63, 3.8) is 0 Å². The summed E-state index contributed by atoms with van der Waals surface area (Å²) in [5.74, 6) is 1.96. The molecular weight excluding hydrogens is 591 g/mol. The van der Waals surface area contributed by atoms with Gasteiger partial charge in [-0.3, -0.25) is 0 Å². The number of thiophene rings is 1. The van der Waals surface area contributed by atoms with Crippen LogP contribution in [-0.4, -0.2) is 15.0 Å². The van der Waals surface area contributed by atoms with Gasteiger partial charge in [-0.05, 0) is 45.2 Å². The molecule has 0 fully saturated rings. The summed E-state index contributed by atoms with van der Waals surface area (Å²) < 4.78 is 2.61. The predicted molar refractivity (Wildman–Crippen MR) is 197 cm³/mol. The van der Waals surface area contributed by atoms with Gasteiger partial charge in [0.15, 0.2) is 17.5 Å². The zero-order chi connectivity index (χ0) is 31.2. The molecule has 4 heteroatoms. The Morgan fingerprint density at radius 3 is 1.60 bits per heavy atom. The van der Waals surface area contributed by atoms with Gasteiger partial charge in [-0.2, -0.15) is 0 Å². The van der Waals surface area contributed by atoms with Gasteiger partial charge in [0, 0.05) is 36.9 Å². The van der Waals surface area contributed by atoms with E-state index < -0.39 is 0 Å². The molecule has 0 unspecified atom stereocenters. The summed E-state index contributed by atoms with van der Waals surface area (Å²) in [5, 5.41) is 4.87. The van der Waals surface area contributed by atoms with Gasteiger partial charge < -0.3 is 0 Å². The fourth-order valence-corrected chi connectivity index (χ4v) is 7.56. The van der Waals surface area contributed by atoms with Gasteiger partial charge in [-0.1, -0.05) is 152 Å². The van der Waals surface area contributed by atoms with Crippen molar-refractivity contribution in [2.24, 2.45) is 0 Å². The van der Waals surface area contributed by atoms with E-state index in [1.54, 1.807) is 0 Å². The van der Waals surface area contributed by atoms with Crippen molar-refractivity contribution in [1.29, 1.82) is 0 Å². The first kappa shape index (κ1) is 27.3. The third-order valence-corrected chi connectivity index (χ3v) is 9.91. The van der Waals surface area contributed by atoms with Crippen molar-refractivity contribution >= 4 is 42.3 Å². The number of rotatable bonds is 5. The minimum absolute atomic E-state index is 0.649. The highest BCUT2D eigenvalue weighted by molar-refractivity contribution is 7.25. The number of nitrogens with zero attached hydrogens (tertiary/aromatic N) is 3. The summed E-state index contributed by atoms with van der Waals surface area (Å²) in [4.78, 5) is 15.2. The van der Waals surface area contributed by atoms with E-state index in [1.807, 2.05) is 17.4 Å². The number of aromatic nitrogens is 3. The van der Waals surface area contributed by atoms with Crippen LogP contribution in [0.15, 0.2) is 164 Å². The maximum Gasteiger partial charge on any atom is 0.164 e. The van der Waals surface area contributed by atoms with Gasteiger partial charge in [-0.15, -0.1) is 11.3 Å². The van der Waals surface area contributed by atoms with E-state index in [1.165, 1.54) is 36.9 Å². The molecule has 0 saturated heterocycles. The third kappa shape index (κ3) is 4.96. The molecule has 0 aliphatic rings. The van der Waals surface area contributed by atoms with Gasteiger partial charge in [0.2, 0.25) is 0 Å². The van der Waals surface area contributed by atoms with Crippen molar-refractivity contribution < 1.29 is 0 Å². The Balaban J connectivity index is 1.17. The quantitative estimate of drug-likeness (QED) is 0.193. The topological polar surface area (TPSA) is 38.7 Å². The molecule has 0 aliphatic carbocycles. The Morgan fingerprint density at radius 1 is 0.319 bits per heavy atom. The molecule has 0 N–H and O–H groups in total. The number of benzene rings is 7. The lowest BCUT2D eigenvalue weighted by molar-refractivity contribution is 1.08. The van der Waals surface area contributed by atoms with Crippen LogP contribution in [-0.2, 0) is 0 Å². The average molecular weight is 618 g/mol. The molecule has 0 spiro atoms. The van der Waals surface area contributed by atoms with E-state index in [0.29, 0.717) is 17.5 Å². The van der Waals surface area contributed by atoms with Crippen LogP contribution in [0, 0.1) is 0 Å². The van der Waals surface area contributed by atoms with Crippen molar-refractivity contribution in [3.05, 3.63) is 164 Å². The fraction of sp³-hybridized carbons (Fsp3) is 0. The zero-order valence-electron chi connectivity index (χ0n) is 25.3. The minimum Gasteiger partial charge on any atom is -0.208 e. The standard InChI is InChI=1S/C43H27N3S/c1-2-10-28(11-3-1)29-20-24-32(25-21-29)41-44-42(46-43(45-41)36-17-8-13-30-12-4-5-14-34(30)36)33-26-22-31(23-27-33)35-16-9-19-39-40(35)37-15-6-7-18-38(37)47-39/h1-27H. The Labute approximate surface area is 276 Å². The first-order valence-corrected chi connectivity index (χ1v) is 16.5. The van der Waals surface area contributed by atoms with E-state index in [4.69, 9.17) is 15.0 Å². The van der Waals surface area contributed by atoms with Crippen LogP contribution in [0.2, 0.25) is 0 Å². The molecule has 3 nitrogen and oxygen atoms in total. The van der Waals surface area contributed by atoms with Gasteiger partial charge in [0.1, 0.15) is 0 Å². The molecule has 2 aromatic heterocycles. The largest absolute Gasteiger partial charge is 0.208 e. The number of hydrogen-bond acceptors (Lipinski definition) is 4. The highest BCUT2D eigenvalue weighted by Crippen LogP contribution is 2.40. The molecule has 9 aromatic rings. The Hall–Kier alpha value is -5.97. The molecule has 2 heterocycles. The van der Waals surface area contributed by atoms with Crippen molar-refractivity contribution in [1.82, 2.24) is 15.0 Å². The van der Waals surface area contributed by atoms with Crippen LogP contribution < -0.4 is 0 Å². The SMILES string of the molecule is c1ccc(-c2ccc(-c3nc(-c4ccc(-c5cccc6sc7ccccc7c56)cc4)nc(-c4cccc5ccccc45)n3)cc2)cc1. The normalized spacial score (nSPS) is 11.4. The third-order valence-electron chi connectivity index (χ3n) is 8.77. The highest BCUT2D eigenvalue weighted by atomic mass is 32.1. The molecule has 0 saturated carbocycles. The molecule has 0 aliphatic heterocycles. The summed E-state index contributed by atoms with van der Waals surface area (Å²) in [7, 11) is 0. The summed E-state index contributed by atoms with van der Waals surface area (Å²) in [5.41, 5.74) is 7.62. The van der Waals surface area contributed by atoms with E-state index in [9.17, 15) is 0 Å². The first-order valence-electron chi connectivity index (χ1n) is 15.7. The number of fused-ring (bicyclic) bond motifs is 4. The molecule has 220 valence electrons. The lowest BCUT2D eigenvalue weighted by Crippen LogP contribution is -2.00. The maximum atomic E-state index is 5.08. The molecule has 0 bridgehead atoms. The van der Waals surface area contributed by atoms with E-state index in [2.05, 4.69) is 158 Å². The van der Waals surface area contributed by atoms with Crippen molar-refractivity contribution in [3.8, 4) is 56.4 Å². The van der Waals surface area contributed by atoms with Gasteiger partial charge in [0.25, 0.3) is 0 Å². The number of hydrogen-bond donors (Lipinski definition) is 0. The molecular formula is C43H27N3S. The van der Waals surface area contributed by atoms with Gasteiger partial charge in [-0.25, -0.2) is 15.0 Å². The smallest absolute Gasteiger partial charge is 0.164 e. The van der Waals surface area contributed by atoms with Crippen LogP contribution >= 0.6 is 11.3 Å². The molecule has 0 radical (unpaired) electrons. The van der Waals surface area contributed by atoms with Crippen molar-refractivity contribution in [2.75, 3.05) is 0 Å². The lowest BCUT2D eigenvalue weighted by atomic mass is 9.98. The zero-order valence-corrected chi connectivity index (χ0v) is 26.2. The minimum atomic E-state index is 0.649. The summed E-state index contributed by atoms with van der Waals surface area (Å²) in [6.07, 6.45) is 0. The molecule has 47 heavy (non-hydrogen) atoms. The molecule has 0 atom stereocenters. The summed E-state index contributed by atoms with van der Waals surface area (Å²) in [6, 6.07) is 57.4.